The van der Waals surface area contributed by atoms with Gasteiger partial charge in [-0.15, -0.1) is 11.6 Å². The molecule has 0 amide bonds. The van der Waals surface area contributed by atoms with Crippen LogP contribution >= 0.6 is 11.6 Å². The summed E-state index contributed by atoms with van der Waals surface area (Å²) in [7, 11) is 0. The zero-order valence-electron chi connectivity index (χ0n) is 10.7. The van der Waals surface area contributed by atoms with Gasteiger partial charge in [0.2, 0.25) is 5.88 Å². The molecule has 1 aliphatic carbocycles. The lowest BCUT2D eigenvalue weighted by Crippen LogP contribution is -2.21. The molecule has 18 heavy (non-hydrogen) atoms. The normalized spacial score (nSPS) is 23.7. The average molecular weight is 270 g/mol. The maximum atomic E-state index is 6.10. The Kier molecular flexibility index (Phi) is 5.05. The second-order valence-electron chi connectivity index (χ2n) is 4.67. The second kappa shape index (κ2) is 6.78. The summed E-state index contributed by atoms with van der Waals surface area (Å²) in [5, 5.41) is 3.71. The van der Waals surface area contributed by atoms with Crippen molar-refractivity contribution in [1.82, 2.24) is 9.97 Å². The predicted molar refractivity (Wildman–Crippen MR) is 73.3 cm³/mol. The Bertz CT molecular complexity index is 367. The first-order chi connectivity index (χ1) is 8.78. The number of nitrogens with one attached hydrogen (secondary N) is 1. The molecule has 1 N–H and O–H groups in total. The third-order valence-corrected chi connectivity index (χ3v) is 3.69. The Balaban J connectivity index is 1.80. The van der Waals surface area contributed by atoms with Crippen molar-refractivity contribution < 1.29 is 4.74 Å². The molecule has 0 bridgehead atoms. The Labute approximate surface area is 113 Å². The molecule has 1 aromatic rings. The van der Waals surface area contributed by atoms with Gasteiger partial charge in [-0.1, -0.05) is 0 Å². The van der Waals surface area contributed by atoms with Crippen LogP contribution in [-0.2, 0) is 0 Å². The number of rotatable bonds is 5. The predicted octanol–water partition coefficient (Wildman–Crippen LogP) is 3.08. The molecule has 1 saturated carbocycles. The molecular weight excluding hydrogens is 250 g/mol. The molecule has 5 heteroatoms. The van der Waals surface area contributed by atoms with Crippen LogP contribution in [0.4, 0.5) is 5.82 Å². The number of nitrogens with zero attached hydrogens (tertiary/aromatic N) is 2. The maximum absolute atomic E-state index is 6.10. The molecule has 1 fully saturated rings. The maximum Gasteiger partial charge on any atom is 0.234 e. The van der Waals surface area contributed by atoms with Crippen LogP contribution in [0.25, 0.3) is 0 Å². The Morgan fingerprint density at radius 2 is 2.11 bits per heavy atom. The van der Waals surface area contributed by atoms with Gasteiger partial charge in [0.25, 0.3) is 0 Å². The molecule has 0 spiro atoms. The topological polar surface area (TPSA) is 47.0 Å². The monoisotopic (exact) mass is 269 g/mol. The van der Waals surface area contributed by atoms with E-state index >= 15 is 0 Å². The summed E-state index contributed by atoms with van der Waals surface area (Å²) in [5.74, 6) is 2.05. The highest BCUT2D eigenvalue weighted by molar-refractivity contribution is 6.20. The first kappa shape index (κ1) is 13.4. The van der Waals surface area contributed by atoms with Crippen molar-refractivity contribution in [1.29, 1.82) is 0 Å². The van der Waals surface area contributed by atoms with Gasteiger partial charge in [0.15, 0.2) is 0 Å². The summed E-state index contributed by atoms with van der Waals surface area (Å²) < 4.78 is 5.32. The van der Waals surface area contributed by atoms with E-state index in [1.807, 2.05) is 6.92 Å². The average Bonchev–Trinajstić information content (AvgIpc) is 2.39. The van der Waals surface area contributed by atoms with Crippen LogP contribution in [0.3, 0.4) is 0 Å². The lowest BCUT2D eigenvalue weighted by atomic mass is 9.89. The van der Waals surface area contributed by atoms with Gasteiger partial charge >= 0.3 is 0 Å². The van der Waals surface area contributed by atoms with Gasteiger partial charge in [-0.25, -0.2) is 0 Å². The molecule has 1 aromatic heterocycles. The van der Waals surface area contributed by atoms with Crippen molar-refractivity contribution in [3.8, 4) is 5.88 Å². The summed E-state index contributed by atoms with van der Waals surface area (Å²) in [4.78, 5) is 8.45. The SMILES string of the molecule is CCOc1cncc(NCC2CCC(Cl)CC2)n1. The Hall–Kier alpha value is -1.03. The molecule has 0 atom stereocenters. The standard InChI is InChI=1S/C13H20ClN3O/c1-2-18-13-9-15-8-12(17-13)16-7-10-3-5-11(14)6-4-10/h8-11H,2-7H2,1H3,(H,16,17). The van der Waals surface area contributed by atoms with Crippen molar-refractivity contribution >= 4 is 17.4 Å². The second-order valence-corrected chi connectivity index (χ2v) is 5.29. The van der Waals surface area contributed by atoms with Crippen LogP contribution in [0.1, 0.15) is 32.6 Å². The fourth-order valence-electron chi connectivity index (χ4n) is 2.23. The lowest BCUT2D eigenvalue weighted by molar-refractivity contribution is 0.325. The molecule has 0 aliphatic heterocycles. The Morgan fingerprint density at radius 1 is 1.33 bits per heavy atom. The molecule has 1 aliphatic rings. The van der Waals surface area contributed by atoms with E-state index < -0.39 is 0 Å². The van der Waals surface area contributed by atoms with E-state index in [2.05, 4.69) is 15.3 Å². The molecule has 1 heterocycles. The minimum Gasteiger partial charge on any atom is -0.477 e. The van der Waals surface area contributed by atoms with Gasteiger partial charge in [0.05, 0.1) is 19.0 Å². The lowest BCUT2D eigenvalue weighted by Gasteiger charge is -2.25. The minimum absolute atomic E-state index is 0.377. The summed E-state index contributed by atoms with van der Waals surface area (Å²) in [6.45, 7) is 3.48. The molecule has 0 saturated heterocycles. The number of anilines is 1. The first-order valence-electron chi connectivity index (χ1n) is 6.60. The highest BCUT2D eigenvalue weighted by Crippen LogP contribution is 2.27. The minimum atomic E-state index is 0.377. The molecule has 0 aromatic carbocycles. The van der Waals surface area contributed by atoms with Gasteiger partial charge < -0.3 is 10.1 Å². The number of alkyl halides is 1. The van der Waals surface area contributed by atoms with E-state index in [1.165, 1.54) is 12.8 Å². The van der Waals surface area contributed by atoms with Gasteiger partial charge in [-0.2, -0.15) is 4.98 Å². The Morgan fingerprint density at radius 3 is 2.83 bits per heavy atom. The molecule has 2 rings (SSSR count). The zero-order valence-corrected chi connectivity index (χ0v) is 11.5. The smallest absolute Gasteiger partial charge is 0.234 e. The fraction of sp³-hybridized carbons (Fsp3) is 0.692. The van der Waals surface area contributed by atoms with Crippen molar-refractivity contribution in [2.75, 3.05) is 18.5 Å². The number of hydrogen-bond donors (Lipinski definition) is 1. The van der Waals surface area contributed by atoms with E-state index in [0.717, 1.165) is 25.2 Å². The van der Waals surface area contributed by atoms with Gasteiger partial charge in [-0.3, -0.25) is 4.98 Å². The third kappa shape index (κ3) is 4.02. The molecule has 4 nitrogen and oxygen atoms in total. The van der Waals surface area contributed by atoms with E-state index in [9.17, 15) is 0 Å². The van der Waals surface area contributed by atoms with E-state index in [4.69, 9.17) is 16.3 Å². The van der Waals surface area contributed by atoms with Crippen molar-refractivity contribution in [3.63, 3.8) is 0 Å². The summed E-state index contributed by atoms with van der Waals surface area (Å²) >= 11 is 6.10. The van der Waals surface area contributed by atoms with Crippen LogP contribution < -0.4 is 10.1 Å². The van der Waals surface area contributed by atoms with Crippen LogP contribution in [0.15, 0.2) is 12.4 Å². The molecular formula is C13H20ClN3O. The summed E-state index contributed by atoms with van der Waals surface area (Å²) in [5.41, 5.74) is 0. The molecule has 0 unspecified atom stereocenters. The summed E-state index contributed by atoms with van der Waals surface area (Å²) in [6.07, 6.45) is 8.00. The number of halogens is 1. The van der Waals surface area contributed by atoms with Crippen molar-refractivity contribution in [3.05, 3.63) is 12.4 Å². The molecule has 100 valence electrons. The largest absolute Gasteiger partial charge is 0.477 e. The zero-order chi connectivity index (χ0) is 12.8. The van der Waals surface area contributed by atoms with Crippen LogP contribution in [0.2, 0.25) is 0 Å². The summed E-state index contributed by atoms with van der Waals surface area (Å²) in [6, 6.07) is 0. The van der Waals surface area contributed by atoms with Crippen molar-refractivity contribution in [2.24, 2.45) is 5.92 Å². The highest BCUT2D eigenvalue weighted by Gasteiger charge is 2.19. The fourth-order valence-corrected chi connectivity index (χ4v) is 2.48. The van der Waals surface area contributed by atoms with Gasteiger partial charge in [-0.05, 0) is 38.5 Å². The van der Waals surface area contributed by atoms with Crippen LogP contribution in [-0.4, -0.2) is 28.5 Å². The number of ether oxygens (including phenoxy) is 1. The van der Waals surface area contributed by atoms with Crippen LogP contribution in [0.5, 0.6) is 5.88 Å². The van der Waals surface area contributed by atoms with Gasteiger partial charge in [0, 0.05) is 11.9 Å². The third-order valence-electron chi connectivity index (χ3n) is 3.25. The van der Waals surface area contributed by atoms with E-state index in [1.54, 1.807) is 12.4 Å². The van der Waals surface area contributed by atoms with E-state index in [0.29, 0.717) is 23.8 Å². The number of hydrogen-bond acceptors (Lipinski definition) is 4. The first-order valence-corrected chi connectivity index (χ1v) is 7.04. The van der Waals surface area contributed by atoms with E-state index in [-0.39, 0.29) is 0 Å². The quantitative estimate of drug-likeness (QED) is 0.835. The highest BCUT2D eigenvalue weighted by atomic mass is 35.5. The number of aromatic nitrogens is 2. The van der Waals surface area contributed by atoms with Gasteiger partial charge in [0.1, 0.15) is 5.82 Å². The molecule has 0 radical (unpaired) electrons. The van der Waals surface area contributed by atoms with Crippen LogP contribution in [0, 0.1) is 5.92 Å². The van der Waals surface area contributed by atoms with Crippen molar-refractivity contribution in [2.45, 2.75) is 38.0 Å².